The molecule has 1 unspecified atom stereocenters. The second-order valence-corrected chi connectivity index (χ2v) is 4.16. The summed E-state index contributed by atoms with van der Waals surface area (Å²) in [5.74, 6) is -2.14. The summed E-state index contributed by atoms with van der Waals surface area (Å²) in [7, 11) is 0. The molecule has 100 valence electrons. The molecule has 3 nitrogen and oxygen atoms in total. The molecule has 18 heavy (non-hydrogen) atoms. The van der Waals surface area contributed by atoms with Crippen LogP contribution in [0.3, 0.4) is 0 Å². The van der Waals surface area contributed by atoms with E-state index in [1.165, 1.54) is 12.1 Å². The van der Waals surface area contributed by atoms with E-state index in [4.69, 9.17) is 5.11 Å². The highest BCUT2D eigenvalue weighted by molar-refractivity contribution is 5.73. The smallest absolute Gasteiger partial charge is 0.320 e. The predicted molar refractivity (Wildman–Crippen MR) is 64.4 cm³/mol. The fraction of sp³-hybridized carbons (Fsp3) is 0.462. The maximum absolute atomic E-state index is 12.9. The van der Waals surface area contributed by atoms with E-state index < -0.39 is 23.6 Å². The van der Waals surface area contributed by atoms with Gasteiger partial charge < -0.3 is 10.4 Å². The van der Waals surface area contributed by atoms with Gasteiger partial charge in [-0.05, 0) is 37.1 Å². The minimum absolute atomic E-state index is 0.375. The van der Waals surface area contributed by atoms with Gasteiger partial charge in [0.15, 0.2) is 0 Å². The van der Waals surface area contributed by atoms with Crippen LogP contribution in [0.5, 0.6) is 0 Å². The van der Waals surface area contributed by atoms with E-state index >= 15 is 0 Å². The van der Waals surface area contributed by atoms with Crippen molar-refractivity contribution >= 4 is 5.97 Å². The van der Waals surface area contributed by atoms with Gasteiger partial charge in [-0.3, -0.25) is 4.79 Å². The lowest BCUT2D eigenvalue weighted by molar-refractivity contribution is -0.139. The molecule has 1 atom stereocenters. The second kappa shape index (κ2) is 7.06. The monoisotopic (exact) mass is 257 g/mol. The maximum atomic E-state index is 12.9. The van der Waals surface area contributed by atoms with Crippen LogP contribution in [0.4, 0.5) is 8.78 Å². The van der Waals surface area contributed by atoms with Crippen LogP contribution in [0, 0.1) is 11.6 Å². The van der Waals surface area contributed by atoms with Gasteiger partial charge in [-0.25, -0.2) is 8.78 Å². The summed E-state index contributed by atoms with van der Waals surface area (Å²) in [4.78, 5) is 10.9. The first-order chi connectivity index (χ1) is 8.52. The van der Waals surface area contributed by atoms with Gasteiger partial charge in [0.25, 0.3) is 0 Å². The van der Waals surface area contributed by atoms with Crippen LogP contribution in [-0.4, -0.2) is 23.7 Å². The molecule has 0 aliphatic heterocycles. The van der Waals surface area contributed by atoms with E-state index in [0.717, 1.165) is 12.5 Å². The van der Waals surface area contributed by atoms with Crippen molar-refractivity contribution in [3.05, 3.63) is 35.4 Å². The van der Waals surface area contributed by atoms with Crippen LogP contribution in [0.2, 0.25) is 0 Å². The molecule has 0 aliphatic rings. The number of carbonyl (C=O) groups is 1. The van der Waals surface area contributed by atoms with Gasteiger partial charge >= 0.3 is 5.97 Å². The number of hydrogen-bond donors (Lipinski definition) is 2. The lowest BCUT2D eigenvalue weighted by Gasteiger charge is -2.13. The average molecular weight is 257 g/mol. The minimum Gasteiger partial charge on any atom is -0.480 e. The average Bonchev–Trinajstić information content (AvgIpc) is 2.26. The highest BCUT2D eigenvalue weighted by Gasteiger charge is 2.14. The van der Waals surface area contributed by atoms with Crippen LogP contribution >= 0.6 is 0 Å². The molecule has 0 saturated heterocycles. The summed E-state index contributed by atoms with van der Waals surface area (Å²) in [5, 5.41) is 11.8. The largest absolute Gasteiger partial charge is 0.480 e. The summed E-state index contributed by atoms with van der Waals surface area (Å²) >= 11 is 0. The quantitative estimate of drug-likeness (QED) is 0.788. The van der Waals surface area contributed by atoms with Crippen molar-refractivity contribution in [1.29, 1.82) is 0 Å². The Labute approximate surface area is 105 Å². The molecule has 0 heterocycles. The molecule has 0 amide bonds. The number of carboxylic acid groups (broad SMARTS) is 1. The van der Waals surface area contributed by atoms with Gasteiger partial charge in [0.2, 0.25) is 0 Å². The van der Waals surface area contributed by atoms with Crippen LogP contribution in [0.15, 0.2) is 18.2 Å². The first-order valence-electron chi connectivity index (χ1n) is 5.94. The maximum Gasteiger partial charge on any atom is 0.320 e. The highest BCUT2D eigenvalue weighted by Crippen LogP contribution is 2.08. The molecule has 1 rings (SSSR count). The van der Waals surface area contributed by atoms with Gasteiger partial charge in [0.05, 0.1) is 0 Å². The number of halogens is 2. The van der Waals surface area contributed by atoms with Crippen LogP contribution in [0.25, 0.3) is 0 Å². The van der Waals surface area contributed by atoms with Gasteiger partial charge in [-0.15, -0.1) is 0 Å². The Morgan fingerprint density at radius 2 is 1.94 bits per heavy atom. The molecular weight excluding hydrogens is 240 g/mol. The molecule has 0 bridgehead atoms. The van der Waals surface area contributed by atoms with Crippen LogP contribution in [0.1, 0.15) is 25.3 Å². The Kier molecular flexibility index (Phi) is 5.71. The summed E-state index contributed by atoms with van der Waals surface area (Å²) in [5.41, 5.74) is 0.514. The number of hydrogen-bond acceptors (Lipinski definition) is 2. The molecule has 1 aromatic rings. The molecule has 0 aromatic heterocycles. The SMILES string of the molecule is CCCC(NCCc1cc(F)cc(F)c1)C(=O)O. The van der Waals surface area contributed by atoms with E-state index in [2.05, 4.69) is 5.32 Å². The number of carboxylic acids is 1. The van der Waals surface area contributed by atoms with Crippen molar-refractivity contribution < 1.29 is 18.7 Å². The molecule has 0 spiro atoms. The van der Waals surface area contributed by atoms with E-state index in [1.807, 2.05) is 6.92 Å². The first-order valence-corrected chi connectivity index (χ1v) is 5.94. The predicted octanol–water partition coefficient (Wildman–Crippen LogP) is 2.35. The number of benzene rings is 1. The Hall–Kier alpha value is -1.49. The van der Waals surface area contributed by atoms with Crippen molar-refractivity contribution in [1.82, 2.24) is 5.32 Å². The standard InChI is InChI=1S/C13H17F2NO2/c1-2-3-12(13(17)18)16-5-4-9-6-10(14)8-11(15)7-9/h6-8,12,16H,2-5H2,1H3,(H,17,18). The third-order valence-corrected chi connectivity index (χ3v) is 2.60. The number of rotatable bonds is 7. The van der Waals surface area contributed by atoms with E-state index in [9.17, 15) is 13.6 Å². The Bertz CT molecular complexity index is 390. The van der Waals surface area contributed by atoms with Crippen molar-refractivity contribution in [3.8, 4) is 0 Å². The fourth-order valence-corrected chi connectivity index (χ4v) is 1.75. The Morgan fingerprint density at radius 1 is 1.33 bits per heavy atom. The molecule has 5 heteroatoms. The summed E-state index contributed by atoms with van der Waals surface area (Å²) < 4.78 is 25.8. The molecule has 1 aromatic carbocycles. The zero-order valence-corrected chi connectivity index (χ0v) is 10.2. The molecule has 0 saturated carbocycles. The van der Waals surface area contributed by atoms with E-state index in [-0.39, 0.29) is 0 Å². The number of nitrogens with one attached hydrogen (secondary N) is 1. The zero-order valence-electron chi connectivity index (χ0n) is 10.2. The normalized spacial score (nSPS) is 12.4. The Balaban J connectivity index is 2.47. The molecule has 0 fully saturated rings. The zero-order chi connectivity index (χ0) is 13.5. The lowest BCUT2D eigenvalue weighted by Crippen LogP contribution is -2.37. The van der Waals surface area contributed by atoms with Crippen molar-refractivity contribution in [2.24, 2.45) is 0 Å². The van der Waals surface area contributed by atoms with Crippen molar-refractivity contribution in [2.75, 3.05) is 6.54 Å². The minimum atomic E-state index is -0.901. The fourth-order valence-electron chi connectivity index (χ4n) is 1.75. The highest BCUT2D eigenvalue weighted by atomic mass is 19.1. The van der Waals surface area contributed by atoms with Gasteiger partial charge in [-0.2, -0.15) is 0 Å². The molecular formula is C13H17F2NO2. The molecule has 0 aliphatic carbocycles. The summed E-state index contributed by atoms with van der Waals surface area (Å²) in [6.07, 6.45) is 1.69. The number of aliphatic carboxylic acids is 1. The second-order valence-electron chi connectivity index (χ2n) is 4.16. The van der Waals surface area contributed by atoms with Crippen LogP contribution in [-0.2, 0) is 11.2 Å². The summed E-state index contributed by atoms with van der Waals surface area (Å²) in [6, 6.07) is 2.71. The van der Waals surface area contributed by atoms with Crippen LogP contribution < -0.4 is 5.32 Å². The molecule has 2 N–H and O–H groups in total. The van der Waals surface area contributed by atoms with E-state index in [1.54, 1.807) is 0 Å². The van der Waals surface area contributed by atoms with Gasteiger partial charge in [-0.1, -0.05) is 13.3 Å². The third kappa shape index (κ3) is 4.79. The van der Waals surface area contributed by atoms with Crippen molar-refractivity contribution in [2.45, 2.75) is 32.2 Å². The van der Waals surface area contributed by atoms with Crippen molar-refractivity contribution in [3.63, 3.8) is 0 Å². The van der Waals surface area contributed by atoms with Gasteiger partial charge in [0, 0.05) is 6.07 Å². The Morgan fingerprint density at radius 3 is 2.44 bits per heavy atom. The topological polar surface area (TPSA) is 49.3 Å². The summed E-state index contributed by atoms with van der Waals surface area (Å²) in [6.45, 7) is 2.28. The lowest BCUT2D eigenvalue weighted by atomic mass is 10.1. The first kappa shape index (κ1) is 14.6. The molecule has 0 radical (unpaired) electrons. The van der Waals surface area contributed by atoms with Gasteiger partial charge in [0.1, 0.15) is 17.7 Å². The van der Waals surface area contributed by atoms with E-state index in [0.29, 0.717) is 24.9 Å². The third-order valence-electron chi connectivity index (χ3n) is 2.60.